The van der Waals surface area contributed by atoms with Crippen LogP contribution in [0.1, 0.15) is 0 Å². The van der Waals surface area contributed by atoms with E-state index in [4.69, 9.17) is 0 Å². The maximum absolute atomic E-state index is 11.5. The Kier molecular flexibility index (Phi) is 5.49. The average Bonchev–Trinajstić information content (AvgIpc) is 2.00. The van der Waals surface area contributed by atoms with Crippen molar-refractivity contribution in [3.8, 4) is 0 Å². The molecule has 0 amide bonds. The first-order valence-electron chi connectivity index (χ1n) is 2.74. The zero-order valence-electron chi connectivity index (χ0n) is 6.33. The zero-order valence-corrected chi connectivity index (χ0v) is 12.0. The number of halogens is 3. The highest BCUT2D eigenvalue weighted by atomic mass is 80.0. The van der Waals surface area contributed by atoms with Gasteiger partial charge in [-0.2, -0.15) is 0 Å². The van der Waals surface area contributed by atoms with Crippen LogP contribution in [-0.4, -0.2) is 27.3 Å². The molecule has 0 bridgehead atoms. The van der Waals surface area contributed by atoms with Gasteiger partial charge in [0.2, 0.25) is 0 Å². The van der Waals surface area contributed by atoms with Crippen molar-refractivity contribution in [2.45, 2.75) is 7.99 Å². The van der Waals surface area contributed by atoms with E-state index in [0.717, 1.165) is 0 Å². The van der Waals surface area contributed by atoms with E-state index in [-0.39, 0.29) is 0 Å². The third-order valence-corrected chi connectivity index (χ3v) is 5.47. The van der Waals surface area contributed by atoms with Gasteiger partial charge in [0.15, 0.2) is 7.99 Å². The lowest BCUT2D eigenvalue weighted by Gasteiger charge is -2.25. The largest absolute Gasteiger partial charge is 0.378 e. The molecule has 0 aliphatic rings. The molecule has 0 radical (unpaired) electrons. The summed E-state index contributed by atoms with van der Waals surface area (Å²) in [6.07, 6.45) is 0. The second-order valence-electron chi connectivity index (χ2n) is 1.82. The van der Waals surface area contributed by atoms with Crippen molar-refractivity contribution in [2.24, 2.45) is 0 Å². The second kappa shape index (κ2) is 4.87. The Bertz CT molecular complexity index is 183. The summed E-state index contributed by atoms with van der Waals surface area (Å²) in [5.74, 6) is -1.35. The number of rotatable bonds is 3. The molecule has 0 aromatic heterocycles. The van der Waals surface area contributed by atoms with Crippen LogP contribution in [0.5, 0.6) is 0 Å². The second-order valence-corrected chi connectivity index (χ2v) is 11.1. The van der Waals surface area contributed by atoms with E-state index >= 15 is 0 Å². The van der Waals surface area contributed by atoms with Gasteiger partial charge in [-0.3, -0.25) is 4.57 Å². The minimum Gasteiger partial charge on any atom is -0.378 e. The van der Waals surface area contributed by atoms with Crippen LogP contribution in [0.4, 0.5) is 0 Å². The fourth-order valence-corrected chi connectivity index (χ4v) is 3.62. The van der Waals surface area contributed by atoms with Crippen molar-refractivity contribution in [3.05, 3.63) is 0 Å². The highest BCUT2D eigenvalue weighted by molar-refractivity contribution is 9.39. The van der Waals surface area contributed by atoms with Crippen molar-refractivity contribution in [1.82, 2.24) is 0 Å². The van der Waals surface area contributed by atoms with Crippen molar-refractivity contribution in [1.29, 1.82) is 0 Å². The van der Waals surface area contributed by atoms with Crippen LogP contribution in [0.2, 0.25) is 0 Å². The maximum Gasteiger partial charge on any atom is 0.361 e. The molecule has 12 heavy (non-hydrogen) atoms. The highest BCUT2D eigenvalue weighted by Gasteiger charge is 2.45. The molecule has 0 aliphatic carbocycles. The Labute approximate surface area is 95.9 Å². The van der Waals surface area contributed by atoms with E-state index in [1.165, 1.54) is 14.2 Å². The summed E-state index contributed by atoms with van der Waals surface area (Å²) < 4.78 is 19.6. The quantitative estimate of drug-likeness (QED) is 0.594. The monoisotopic (exact) mass is 388 g/mol. The summed E-state index contributed by atoms with van der Waals surface area (Å²) >= 11 is 9.04. The van der Waals surface area contributed by atoms with E-state index in [1.807, 2.05) is 0 Å². The molecule has 1 N–H and O–H groups in total. The molecule has 8 heteroatoms. The third kappa shape index (κ3) is 3.36. The topological polar surface area (TPSA) is 55.8 Å². The SMILES string of the molecule is COP(=O)(OC)[C@H](O)C(Br)(Br)Br. The molecule has 0 aliphatic heterocycles. The van der Waals surface area contributed by atoms with Gasteiger partial charge in [-0.05, 0) is 0 Å². The number of alkyl halides is 3. The van der Waals surface area contributed by atoms with Gasteiger partial charge in [0, 0.05) is 14.2 Å². The normalized spacial score (nSPS) is 16.2. The fourth-order valence-electron chi connectivity index (χ4n) is 0.454. The van der Waals surface area contributed by atoms with Crippen LogP contribution >= 0.6 is 55.4 Å². The van der Waals surface area contributed by atoms with E-state index < -0.39 is 15.6 Å². The summed E-state index contributed by atoms with van der Waals surface area (Å²) in [5.41, 5.74) is 0. The summed E-state index contributed by atoms with van der Waals surface area (Å²) in [6.45, 7) is 0. The molecule has 0 saturated heterocycles. The fraction of sp³-hybridized carbons (Fsp3) is 1.00. The Hall–Kier alpha value is 1.55. The van der Waals surface area contributed by atoms with Crippen LogP contribution in [0, 0.1) is 0 Å². The Balaban J connectivity index is 4.66. The molecule has 0 unspecified atom stereocenters. The highest BCUT2D eigenvalue weighted by Crippen LogP contribution is 2.59. The smallest absolute Gasteiger partial charge is 0.361 e. The van der Waals surface area contributed by atoms with Crippen molar-refractivity contribution in [3.63, 3.8) is 0 Å². The Morgan fingerprint density at radius 1 is 1.33 bits per heavy atom. The van der Waals surface area contributed by atoms with Gasteiger partial charge in [-0.1, -0.05) is 47.8 Å². The number of aliphatic hydroxyl groups excluding tert-OH is 1. The molecule has 0 aromatic rings. The predicted octanol–water partition coefficient (Wildman–Crippen LogP) is 2.63. The van der Waals surface area contributed by atoms with Crippen LogP contribution in [0.25, 0.3) is 0 Å². The number of hydrogen-bond acceptors (Lipinski definition) is 4. The first-order valence-corrected chi connectivity index (χ1v) is 6.73. The molecule has 0 heterocycles. The van der Waals surface area contributed by atoms with E-state index in [1.54, 1.807) is 0 Å². The third-order valence-electron chi connectivity index (χ3n) is 1.10. The summed E-state index contributed by atoms with van der Waals surface area (Å²) in [7, 11) is -1.08. The van der Waals surface area contributed by atoms with Gasteiger partial charge in [0.25, 0.3) is 0 Å². The average molecular weight is 391 g/mol. The van der Waals surface area contributed by atoms with Crippen LogP contribution in [0.3, 0.4) is 0 Å². The van der Waals surface area contributed by atoms with Gasteiger partial charge in [0.05, 0.1) is 0 Å². The van der Waals surface area contributed by atoms with Crippen molar-refractivity contribution >= 4 is 55.4 Å². The molecule has 74 valence electrons. The zero-order chi connectivity index (χ0) is 9.99. The molecule has 0 aromatic carbocycles. The maximum atomic E-state index is 11.5. The van der Waals surface area contributed by atoms with Crippen LogP contribution in [0.15, 0.2) is 0 Å². The molecule has 0 fully saturated rings. The van der Waals surface area contributed by atoms with Crippen LogP contribution < -0.4 is 0 Å². The lowest BCUT2D eigenvalue weighted by atomic mass is 10.9. The molecule has 0 rings (SSSR count). The molecule has 4 nitrogen and oxygen atoms in total. The minimum absolute atomic E-state index is 1.07. The molecule has 0 spiro atoms. The van der Waals surface area contributed by atoms with Gasteiger partial charge in [-0.15, -0.1) is 0 Å². The Morgan fingerprint density at radius 2 is 1.67 bits per heavy atom. The molecular weight excluding hydrogens is 383 g/mol. The summed E-state index contributed by atoms with van der Waals surface area (Å²) in [6, 6.07) is 0. The van der Waals surface area contributed by atoms with E-state index in [0.29, 0.717) is 0 Å². The van der Waals surface area contributed by atoms with Crippen LogP contribution in [-0.2, 0) is 13.6 Å². The van der Waals surface area contributed by atoms with Gasteiger partial charge in [0.1, 0.15) is 0 Å². The number of hydrogen-bond donors (Lipinski definition) is 1. The van der Waals surface area contributed by atoms with Crippen molar-refractivity contribution < 1.29 is 18.7 Å². The Morgan fingerprint density at radius 3 is 1.75 bits per heavy atom. The van der Waals surface area contributed by atoms with Gasteiger partial charge >= 0.3 is 7.60 Å². The first kappa shape index (κ1) is 13.5. The molecule has 0 saturated carbocycles. The van der Waals surface area contributed by atoms with Gasteiger partial charge in [-0.25, -0.2) is 0 Å². The predicted molar refractivity (Wildman–Crippen MR) is 57.1 cm³/mol. The van der Waals surface area contributed by atoms with E-state index in [9.17, 15) is 9.67 Å². The summed E-state index contributed by atoms with van der Waals surface area (Å²) in [5, 5.41) is 9.45. The molecule has 1 atom stereocenters. The van der Waals surface area contributed by atoms with E-state index in [2.05, 4.69) is 56.8 Å². The van der Waals surface area contributed by atoms with Crippen molar-refractivity contribution in [2.75, 3.05) is 14.2 Å². The standard InChI is InChI=1S/C4H8Br3O4P/c1-10-12(9,11-2)3(8)4(5,6)7/h3,8H,1-2H3/t3-/m0/s1. The first-order chi connectivity index (χ1) is 5.28. The molecular formula is C4H8Br3O4P. The summed E-state index contributed by atoms with van der Waals surface area (Å²) in [4.78, 5) is 0. The van der Waals surface area contributed by atoms with Gasteiger partial charge < -0.3 is 14.2 Å². The lowest BCUT2D eigenvalue weighted by molar-refractivity contribution is 0.182. The lowest BCUT2D eigenvalue weighted by Crippen LogP contribution is -2.24. The number of aliphatic hydroxyl groups is 1. The minimum atomic E-state index is -3.48.